The van der Waals surface area contributed by atoms with E-state index in [0.29, 0.717) is 12.8 Å². The average Bonchev–Trinajstić information content (AvgIpc) is 1.41. The molecule has 2 aliphatic rings. The lowest BCUT2D eigenvalue weighted by molar-refractivity contribution is -0.359. The molecule has 2 saturated heterocycles. The molecule has 2 aliphatic heterocycles. The molecule has 0 aromatic heterocycles. The van der Waals surface area contributed by atoms with Gasteiger partial charge in [0.1, 0.15) is 48.8 Å². The lowest BCUT2D eigenvalue weighted by Gasteiger charge is -2.46. The fourth-order valence-corrected chi connectivity index (χ4v) is 11.5. The van der Waals surface area contributed by atoms with Crippen molar-refractivity contribution in [3.63, 3.8) is 0 Å². The Bertz CT molecular complexity index is 1880. The Hall–Kier alpha value is -3.09. The lowest BCUT2D eigenvalue weighted by Crippen LogP contribution is -2.65. The van der Waals surface area contributed by atoms with E-state index in [-0.39, 0.29) is 18.9 Å². The number of hydrogen-bond donors (Lipinski definition) is 9. The standard InChI is InChI=1S/C76H133NO13/c1-3-5-7-9-11-13-15-17-19-21-23-25-27-29-30-31-32-33-34-36-37-39-41-43-45-47-49-51-53-55-57-59-65(80)64(63-87-75-73(86)71(84)74(67(62-79)89-75)90-76-72(85)70(83)69(82)66(61-78)88-76)77-68(81)60-58-56-54-52-50-48-46-44-42-40-38-35-28-26-24-22-20-18-16-14-12-10-8-6-4-2/h6,8,12,14,18,20,24,26,35,38,42,44,49,51,57,59,64-67,69-76,78-80,82-86H,3-5,7,9-11,13,15-17,19,21-23,25,27-34,36-37,39-41,43,45-48,50,52-56,58,60-63H2,1-2H3,(H,77,81)/b8-6-,14-12-,20-18-,26-24-,38-35-,44-42-,51-49+,59-57+. The summed E-state index contributed by atoms with van der Waals surface area (Å²) in [6.45, 7) is 2.68. The number of unbranched alkanes of at least 4 members (excludes halogenated alkanes) is 32. The Labute approximate surface area is 547 Å². The van der Waals surface area contributed by atoms with E-state index in [1.54, 1.807) is 6.08 Å². The highest BCUT2D eigenvalue weighted by molar-refractivity contribution is 5.76. The van der Waals surface area contributed by atoms with Crippen molar-refractivity contribution in [2.75, 3.05) is 19.8 Å². The molecule has 2 heterocycles. The lowest BCUT2D eigenvalue weighted by atomic mass is 9.97. The summed E-state index contributed by atoms with van der Waals surface area (Å²) < 4.78 is 22.8. The van der Waals surface area contributed by atoms with E-state index in [1.807, 2.05) is 6.08 Å². The quantitative estimate of drug-likeness (QED) is 0.0204. The van der Waals surface area contributed by atoms with Crippen molar-refractivity contribution in [2.24, 2.45) is 0 Å². The fourth-order valence-electron chi connectivity index (χ4n) is 11.5. The zero-order valence-electron chi connectivity index (χ0n) is 56.6. The first-order valence-corrected chi connectivity index (χ1v) is 36.5. The molecular formula is C76H133NO13. The third-order valence-corrected chi connectivity index (χ3v) is 17.3. The molecule has 520 valence electrons. The maximum absolute atomic E-state index is 13.3. The third kappa shape index (κ3) is 43.0. The van der Waals surface area contributed by atoms with E-state index in [1.165, 1.54) is 161 Å². The van der Waals surface area contributed by atoms with Gasteiger partial charge in [-0.15, -0.1) is 0 Å². The van der Waals surface area contributed by atoms with Crippen LogP contribution in [-0.2, 0) is 23.7 Å². The van der Waals surface area contributed by atoms with Gasteiger partial charge in [-0.1, -0.05) is 291 Å². The van der Waals surface area contributed by atoms with E-state index < -0.39 is 86.8 Å². The number of amides is 1. The van der Waals surface area contributed by atoms with Crippen molar-refractivity contribution in [1.29, 1.82) is 0 Å². The molecule has 14 nitrogen and oxygen atoms in total. The van der Waals surface area contributed by atoms with Crippen LogP contribution in [0.1, 0.15) is 284 Å². The molecule has 0 aliphatic carbocycles. The van der Waals surface area contributed by atoms with E-state index in [9.17, 15) is 45.6 Å². The van der Waals surface area contributed by atoms with Crippen molar-refractivity contribution >= 4 is 5.91 Å². The highest BCUT2D eigenvalue weighted by atomic mass is 16.7. The Morgan fingerprint density at radius 1 is 0.411 bits per heavy atom. The van der Waals surface area contributed by atoms with Gasteiger partial charge in [0.2, 0.25) is 5.91 Å². The zero-order chi connectivity index (χ0) is 65.2. The van der Waals surface area contributed by atoms with E-state index in [0.717, 1.165) is 89.9 Å². The van der Waals surface area contributed by atoms with Crippen molar-refractivity contribution in [3.8, 4) is 0 Å². The van der Waals surface area contributed by atoms with Gasteiger partial charge >= 0.3 is 0 Å². The van der Waals surface area contributed by atoms with Crippen molar-refractivity contribution in [1.82, 2.24) is 5.32 Å². The minimum atomic E-state index is -1.80. The number of carbonyl (C=O) groups excluding carboxylic acids is 1. The Kier molecular flexibility index (Phi) is 55.0. The van der Waals surface area contributed by atoms with Crippen molar-refractivity contribution in [3.05, 3.63) is 97.2 Å². The summed E-state index contributed by atoms with van der Waals surface area (Å²) in [7, 11) is 0. The number of ether oxygens (including phenoxy) is 4. The molecule has 0 radical (unpaired) electrons. The van der Waals surface area contributed by atoms with E-state index in [2.05, 4.69) is 104 Å². The number of aliphatic hydroxyl groups is 8. The first-order chi connectivity index (χ1) is 44.1. The van der Waals surface area contributed by atoms with Gasteiger partial charge in [-0.2, -0.15) is 0 Å². The molecule has 9 N–H and O–H groups in total. The van der Waals surface area contributed by atoms with Gasteiger partial charge in [-0.3, -0.25) is 4.79 Å². The van der Waals surface area contributed by atoms with Gasteiger partial charge in [0, 0.05) is 6.42 Å². The van der Waals surface area contributed by atoms with Gasteiger partial charge in [0.05, 0.1) is 32.0 Å². The molecule has 14 heteroatoms. The molecule has 0 spiro atoms. The van der Waals surface area contributed by atoms with Gasteiger partial charge in [-0.05, 0) is 83.5 Å². The van der Waals surface area contributed by atoms with Gasteiger partial charge < -0.3 is 65.1 Å². The second kappa shape index (κ2) is 59.6. The summed E-state index contributed by atoms with van der Waals surface area (Å²) in [5.41, 5.74) is 0. The normalized spacial score (nSPS) is 23.5. The minimum absolute atomic E-state index is 0.251. The van der Waals surface area contributed by atoms with E-state index in [4.69, 9.17) is 18.9 Å². The van der Waals surface area contributed by atoms with Crippen LogP contribution in [0, 0.1) is 0 Å². The highest BCUT2D eigenvalue weighted by Gasteiger charge is 2.51. The number of rotatable bonds is 59. The Morgan fingerprint density at radius 3 is 1.22 bits per heavy atom. The number of allylic oxidation sites excluding steroid dienone is 15. The molecule has 12 atom stereocenters. The first-order valence-electron chi connectivity index (χ1n) is 36.5. The van der Waals surface area contributed by atoms with Gasteiger partial charge in [-0.25, -0.2) is 0 Å². The molecule has 90 heavy (non-hydrogen) atoms. The topological polar surface area (TPSA) is 228 Å². The van der Waals surface area contributed by atoms with Crippen molar-refractivity contribution < 1.29 is 64.6 Å². The molecule has 0 saturated carbocycles. The molecule has 0 bridgehead atoms. The predicted molar refractivity (Wildman–Crippen MR) is 369 cm³/mol. The first kappa shape index (κ1) is 83.0. The average molecular weight is 1270 g/mol. The van der Waals surface area contributed by atoms with Crippen LogP contribution in [0.2, 0.25) is 0 Å². The zero-order valence-corrected chi connectivity index (χ0v) is 56.6. The Balaban J connectivity index is 1.69. The van der Waals surface area contributed by atoms with Crippen molar-refractivity contribution in [2.45, 2.75) is 357 Å². The molecule has 12 unspecified atom stereocenters. The minimum Gasteiger partial charge on any atom is -0.394 e. The number of hydrogen-bond acceptors (Lipinski definition) is 13. The SMILES string of the molecule is CC/C=C\C/C=C\C/C=C\C/C=C\C/C=C\C/C=C\CCCCCCCCC(=O)NC(COC1OC(CO)C(OC2OC(CO)C(O)C(O)C2O)C(O)C1O)C(O)/C=C/CC/C=C/CCCCCCCCCCCCCCCCCCCCCCCCCCC. The number of nitrogens with one attached hydrogen (secondary N) is 1. The van der Waals surface area contributed by atoms with Crippen LogP contribution in [0.25, 0.3) is 0 Å². The van der Waals surface area contributed by atoms with Crippen LogP contribution in [0.3, 0.4) is 0 Å². The number of aliphatic hydroxyl groups excluding tert-OH is 8. The summed E-state index contributed by atoms with van der Waals surface area (Å²) in [4.78, 5) is 13.3. The monoisotopic (exact) mass is 1270 g/mol. The third-order valence-electron chi connectivity index (χ3n) is 17.3. The summed E-state index contributed by atoms with van der Waals surface area (Å²) in [6, 6.07) is -0.949. The predicted octanol–water partition coefficient (Wildman–Crippen LogP) is 15.3. The van der Waals surface area contributed by atoms with Gasteiger partial charge in [0.15, 0.2) is 12.6 Å². The maximum Gasteiger partial charge on any atom is 0.220 e. The van der Waals surface area contributed by atoms with Crippen LogP contribution in [-0.4, -0.2) is 140 Å². The van der Waals surface area contributed by atoms with Gasteiger partial charge in [0.25, 0.3) is 0 Å². The fraction of sp³-hybridized carbons (Fsp3) is 0.776. The summed E-state index contributed by atoms with van der Waals surface area (Å²) >= 11 is 0. The van der Waals surface area contributed by atoms with Crippen LogP contribution in [0.5, 0.6) is 0 Å². The summed E-state index contributed by atoms with van der Waals surface area (Å²) in [5.74, 6) is -0.265. The maximum atomic E-state index is 13.3. The molecule has 2 fully saturated rings. The largest absolute Gasteiger partial charge is 0.394 e. The molecule has 0 aromatic carbocycles. The smallest absolute Gasteiger partial charge is 0.220 e. The van der Waals surface area contributed by atoms with Crippen LogP contribution >= 0.6 is 0 Å². The van der Waals surface area contributed by atoms with Crippen LogP contribution < -0.4 is 5.32 Å². The highest BCUT2D eigenvalue weighted by Crippen LogP contribution is 2.30. The second-order valence-electron chi connectivity index (χ2n) is 25.3. The molecular weight excluding hydrogens is 1130 g/mol. The summed E-state index contributed by atoms with van der Waals surface area (Å²) in [5, 5.41) is 87.5. The Morgan fingerprint density at radius 2 is 0.778 bits per heavy atom. The summed E-state index contributed by atoms with van der Waals surface area (Å²) in [6.07, 6.45) is 67.6. The van der Waals surface area contributed by atoms with Crippen LogP contribution in [0.4, 0.5) is 0 Å². The molecule has 2 rings (SSSR count). The van der Waals surface area contributed by atoms with E-state index >= 15 is 0 Å². The molecule has 0 aromatic rings. The molecule has 1 amide bonds. The van der Waals surface area contributed by atoms with Crippen LogP contribution in [0.15, 0.2) is 97.2 Å². The number of carbonyl (C=O) groups is 1. The second-order valence-corrected chi connectivity index (χ2v) is 25.3.